The van der Waals surface area contributed by atoms with Crippen LogP contribution in [0.2, 0.25) is 0 Å². The van der Waals surface area contributed by atoms with Gasteiger partial charge in [0, 0.05) is 74.2 Å². The topological polar surface area (TPSA) is 127 Å². The number of aromatic nitrogens is 4. The highest BCUT2D eigenvalue weighted by atomic mass is 79.9. The van der Waals surface area contributed by atoms with Gasteiger partial charge < -0.3 is 14.2 Å². The molecule has 3 aliphatic rings. The summed E-state index contributed by atoms with van der Waals surface area (Å²) in [5.74, 6) is 1.68. The third-order valence-corrected chi connectivity index (χ3v) is 11.2. The molecule has 244 valence electrons. The molecule has 7 rings (SSSR count). The number of guanidine groups is 1. The van der Waals surface area contributed by atoms with Crippen LogP contribution in [0.1, 0.15) is 19.3 Å². The van der Waals surface area contributed by atoms with Gasteiger partial charge in [-0.1, -0.05) is 22.4 Å². The number of piperazine rings is 1. The van der Waals surface area contributed by atoms with E-state index in [9.17, 15) is 4.57 Å². The molecule has 0 spiro atoms. The number of nitrogens with one attached hydrogen (secondary N) is 2. The molecule has 3 aliphatic heterocycles. The molecule has 0 aliphatic carbocycles. The zero-order chi connectivity index (χ0) is 32.7. The van der Waals surface area contributed by atoms with Crippen LogP contribution in [0.15, 0.2) is 54.0 Å². The second-order valence-corrected chi connectivity index (χ2v) is 16.7. The number of fused-ring (bicyclic) bond motifs is 2. The van der Waals surface area contributed by atoms with E-state index in [1.54, 1.807) is 39.0 Å². The van der Waals surface area contributed by atoms with Crippen molar-refractivity contribution in [3.05, 3.63) is 49.1 Å². The molecule has 2 saturated heterocycles. The zero-order valence-corrected chi connectivity index (χ0v) is 29.5. The minimum absolute atomic E-state index is 0.291. The maximum atomic E-state index is 13.5. The lowest BCUT2D eigenvalue weighted by atomic mass is 9.97. The first kappa shape index (κ1) is 31.6. The minimum Gasteiger partial charge on any atom is -0.493 e. The highest BCUT2D eigenvalue weighted by Crippen LogP contribution is 2.42. The van der Waals surface area contributed by atoms with Crippen LogP contribution >= 0.6 is 23.1 Å². The standard InChI is InChI=1S/C33H38BrN10O2P/c1-42-19-21(17-38-42)23-15-27(29(46-2)16-28(23)44-14-13-43-12-6-5-7-22(43)20-44)40-33-37-18-24(34)32(41-33)39-26-9-8-25-30(36-11-10-35-25)31(26)47(3,4)45/h8-11,15-19,22,24H,5-7,12-14,20H2,1-4H3,(H,36,39,40,41,45)/p+1/t22-,24?/m1/s1. The van der Waals surface area contributed by atoms with Crippen molar-refractivity contribution < 1.29 is 9.30 Å². The molecule has 1 unspecified atom stereocenters. The molecule has 0 radical (unpaired) electrons. The Morgan fingerprint density at radius 1 is 1.06 bits per heavy atom. The Morgan fingerprint density at radius 2 is 1.91 bits per heavy atom. The lowest BCUT2D eigenvalue weighted by Crippen LogP contribution is -2.55. The van der Waals surface area contributed by atoms with Crippen LogP contribution in [-0.4, -0.2) is 100 Å². The Balaban J connectivity index is 1.26. The summed E-state index contributed by atoms with van der Waals surface area (Å²) >= 11 is 3.68. The number of nitrogens with zero attached hydrogens (tertiary/aromatic N) is 8. The van der Waals surface area contributed by atoms with Crippen molar-refractivity contribution in [1.29, 1.82) is 0 Å². The summed E-state index contributed by atoms with van der Waals surface area (Å²) in [7, 11) is 0.870. The quantitative estimate of drug-likeness (QED) is 0.172. The summed E-state index contributed by atoms with van der Waals surface area (Å²) in [5.41, 5.74) is 5.93. The van der Waals surface area contributed by atoms with Gasteiger partial charge in [-0.2, -0.15) is 5.10 Å². The van der Waals surface area contributed by atoms with Gasteiger partial charge >= 0.3 is 5.96 Å². The van der Waals surface area contributed by atoms with Crippen LogP contribution in [0.4, 0.5) is 17.1 Å². The van der Waals surface area contributed by atoms with Crippen LogP contribution in [-0.2, 0) is 11.6 Å². The molecule has 2 aromatic carbocycles. The summed E-state index contributed by atoms with van der Waals surface area (Å²) in [4.78, 5) is 18.4. The summed E-state index contributed by atoms with van der Waals surface area (Å²) < 4.78 is 26.1. The van der Waals surface area contributed by atoms with Crippen molar-refractivity contribution in [2.75, 3.05) is 62.2 Å². The fraction of sp³-hybridized carbons (Fsp3) is 0.394. The number of benzene rings is 2. The number of hydrogen-bond acceptors (Lipinski definition) is 10. The van der Waals surface area contributed by atoms with Crippen molar-refractivity contribution in [3.63, 3.8) is 0 Å². The summed E-state index contributed by atoms with van der Waals surface area (Å²) in [5, 5.41) is 11.9. The third kappa shape index (κ3) is 6.45. The number of ether oxygens (including phenoxy) is 1. The van der Waals surface area contributed by atoms with E-state index in [0.717, 1.165) is 42.1 Å². The number of alkyl halides is 1. The Kier molecular flexibility index (Phi) is 8.65. The number of aryl methyl sites for hydroxylation is 1. The first-order valence-electron chi connectivity index (χ1n) is 15.8. The number of aliphatic imine (C=N–C) groups is 1. The van der Waals surface area contributed by atoms with Crippen molar-refractivity contribution in [2.45, 2.75) is 30.1 Å². The maximum Gasteiger partial charge on any atom is 0.436 e. The van der Waals surface area contributed by atoms with Crippen molar-refractivity contribution >= 4 is 74.5 Å². The van der Waals surface area contributed by atoms with Gasteiger partial charge in [0.25, 0.3) is 5.84 Å². The van der Waals surface area contributed by atoms with Gasteiger partial charge in [-0.15, -0.1) is 4.99 Å². The first-order chi connectivity index (χ1) is 22.7. The van der Waals surface area contributed by atoms with E-state index in [1.807, 2.05) is 36.3 Å². The molecule has 47 heavy (non-hydrogen) atoms. The summed E-state index contributed by atoms with van der Waals surface area (Å²) in [6, 6.07) is 8.54. The first-order valence-corrected chi connectivity index (χ1v) is 19.4. The van der Waals surface area contributed by atoms with E-state index in [4.69, 9.17) is 9.40 Å². The van der Waals surface area contributed by atoms with Crippen LogP contribution in [0, 0.1) is 0 Å². The second-order valence-electron chi connectivity index (χ2n) is 12.6. The highest BCUT2D eigenvalue weighted by Gasteiger charge is 2.32. The predicted octanol–water partition coefficient (Wildman–Crippen LogP) is 4.16. The van der Waals surface area contributed by atoms with E-state index >= 15 is 0 Å². The van der Waals surface area contributed by atoms with E-state index in [-0.39, 0.29) is 4.83 Å². The number of rotatable bonds is 6. The molecule has 0 amide bonds. The Morgan fingerprint density at radius 3 is 2.70 bits per heavy atom. The molecule has 0 bridgehead atoms. The third-order valence-electron chi connectivity index (χ3n) is 8.99. The Hall–Kier alpha value is -4.02. The molecular formula is C33H39BrN10O2P+. The minimum atomic E-state index is -2.75. The highest BCUT2D eigenvalue weighted by molar-refractivity contribution is 9.10. The van der Waals surface area contributed by atoms with Crippen LogP contribution in [0.25, 0.3) is 22.2 Å². The molecular weight excluding hydrogens is 679 g/mol. The number of hydrogen-bond donors (Lipinski definition) is 2. The zero-order valence-electron chi connectivity index (χ0n) is 27.0. The maximum absolute atomic E-state index is 13.5. The van der Waals surface area contributed by atoms with Gasteiger partial charge in [-0.3, -0.25) is 24.9 Å². The van der Waals surface area contributed by atoms with Crippen molar-refractivity contribution in [2.24, 2.45) is 12.0 Å². The van der Waals surface area contributed by atoms with Crippen LogP contribution in [0.3, 0.4) is 0 Å². The lowest BCUT2D eigenvalue weighted by Gasteiger charge is -2.45. The molecule has 0 saturated carbocycles. The van der Waals surface area contributed by atoms with E-state index < -0.39 is 7.14 Å². The molecule has 5 heterocycles. The largest absolute Gasteiger partial charge is 0.493 e. The Labute approximate surface area is 282 Å². The van der Waals surface area contributed by atoms with Gasteiger partial charge in [-0.25, -0.2) is 9.98 Å². The van der Waals surface area contributed by atoms with Crippen molar-refractivity contribution in [3.8, 4) is 16.9 Å². The molecule has 2 N–H and O–H groups in total. The summed E-state index contributed by atoms with van der Waals surface area (Å²) in [6.45, 7) is 7.67. The number of anilines is 3. The average Bonchev–Trinajstić information content (AvgIpc) is 3.51. The molecule has 4 aromatic rings. The molecule has 14 heteroatoms. The van der Waals surface area contributed by atoms with E-state index in [2.05, 4.69) is 68.6 Å². The average molecular weight is 719 g/mol. The van der Waals surface area contributed by atoms with Crippen LogP contribution < -0.4 is 30.2 Å². The van der Waals surface area contributed by atoms with Gasteiger partial charge in [0.1, 0.15) is 18.3 Å². The fourth-order valence-corrected chi connectivity index (χ4v) is 8.49. The van der Waals surface area contributed by atoms with Crippen molar-refractivity contribution in [1.82, 2.24) is 29.3 Å². The number of piperidine rings is 1. The molecule has 2 fully saturated rings. The predicted molar refractivity (Wildman–Crippen MR) is 196 cm³/mol. The van der Waals surface area contributed by atoms with E-state index in [1.165, 1.54) is 25.8 Å². The monoisotopic (exact) mass is 717 g/mol. The number of halogens is 1. The lowest BCUT2D eigenvalue weighted by molar-refractivity contribution is 0.133. The normalized spacial score (nSPS) is 20.1. The van der Waals surface area contributed by atoms with Gasteiger partial charge in [0.15, 0.2) is 10.6 Å². The molecule has 12 nitrogen and oxygen atoms in total. The summed E-state index contributed by atoms with van der Waals surface area (Å²) in [6.07, 6.45) is 12.8. The fourth-order valence-electron chi connectivity index (χ4n) is 6.76. The number of amidine groups is 1. The molecule has 2 aromatic heterocycles. The van der Waals surface area contributed by atoms with Gasteiger partial charge in [-0.05, 0) is 50.9 Å². The number of methoxy groups -OCH3 is 1. The Bertz CT molecular complexity index is 1980. The van der Waals surface area contributed by atoms with Gasteiger partial charge in [0.2, 0.25) is 0 Å². The van der Waals surface area contributed by atoms with Crippen LogP contribution in [0.5, 0.6) is 5.75 Å². The second kappa shape index (κ2) is 12.9. The smallest absolute Gasteiger partial charge is 0.436 e. The SMILES string of the molecule is COc1cc(N2CCN3CCCC[C@@H]3C2)c(-c2cnn(C)c2)cc1NC1=[N+]=C(Nc2ccc3nccnc3c2P(C)(C)=O)C(Br)C=N1. The van der Waals surface area contributed by atoms with E-state index in [0.29, 0.717) is 45.6 Å². The van der Waals surface area contributed by atoms with Gasteiger partial charge in [0.05, 0.1) is 36.0 Å². The molecule has 2 atom stereocenters.